The van der Waals surface area contributed by atoms with Gasteiger partial charge in [-0.15, -0.1) is 0 Å². The highest BCUT2D eigenvalue weighted by Crippen LogP contribution is 2.30. The fourth-order valence-electron chi connectivity index (χ4n) is 2.29. The molecule has 0 aliphatic carbocycles. The van der Waals surface area contributed by atoms with E-state index in [2.05, 4.69) is 69.6 Å². The molecule has 0 radical (unpaired) electrons. The fraction of sp³-hybridized carbons (Fsp3) is 0.118. The van der Waals surface area contributed by atoms with Gasteiger partial charge in [0.15, 0.2) is 0 Å². The molecule has 0 bridgehead atoms. The summed E-state index contributed by atoms with van der Waals surface area (Å²) in [5.41, 5.74) is 3.63. The van der Waals surface area contributed by atoms with Gasteiger partial charge in [-0.2, -0.15) is 0 Å². The average Bonchev–Trinajstić information content (AvgIpc) is 2.48. The normalized spacial score (nSPS) is 10.7. The van der Waals surface area contributed by atoms with Crippen LogP contribution in [0.5, 0.6) is 0 Å². The minimum Gasteiger partial charge on any atom is -0.380 e. The highest BCUT2D eigenvalue weighted by Gasteiger charge is 2.04. The lowest BCUT2D eigenvalue weighted by Gasteiger charge is -2.12. The molecule has 3 aromatic rings. The summed E-state index contributed by atoms with van der Waals surface area (Å²) in [6, 6.07) is 14.6. The standard InChI is InChI=1S/C17H15BrN2/c1-12-8-9-19-10-13(12)11-20-17-7-6-16(18)14-4-2-3-5-15(14)17/h2-10,20H,11H2,1H3. The second-order valence-corrected chi connectivity index (χ2v) is 5.65. The molecule has 1 aromatic heterocycles. The van der Waals surface area contributed by atoms with Crippen molar-refractivity contribution in [1.29, 1.82) is 0 Å². The van der Waals surface area contributed by atoms with Crippen LogP contribution in [0, 0.1) is 6.92 Å². The van der Waals surface area contributed by atoms with Gasteiger partial charge in [0, 0.05) is 34.5 Å². The fourth-order valence-corrected chi connectivity index (χ4v) is 2.77. The van der Waals surface area contributed by atoms with E-state index in [-0.39, 0.29) is 0 Å². The van der Waals surface area contributed by atoms with Crippen LogP contribution >= 0.6 is 15.9 Å². The Hall–Kier alpha value is -1.87. The molecule has 2 nitrogen and oxygen atoms in total. The average molecular weight is 327 g/mol. The van der Waals surface area contributed by atoms with Gasteiger partial charge in [-0.05, 0) is 41.6 Å². The van der Waals surface area contributed by atoms with Crippen LogP contribution in [0.2, 0.25) is 0 Å². The summed E-state index contributed by atoms with van der Waals surface area (Å²) < 4.78 is 1.12. The number of hydrogen-bond donors (Lipinski definition) is 1. The van der Waals surface area contributed by atoms with Gasteiger partial charge in [0.2, 0.25) is 0 Å². The Labute approximate surface area is 127 Å². The van der Waals surface area contributed by atoms with Crippen LogP contribution in [0.25, 0.3) is 10.8 Å². The predicted molar refractivity (Wildman–Crippen MR) is 87.9 cm³/mol. The number of fused-ring (bicyclic) bond motifs is 1. The number of halogens is 1. The molecule has 0 aliphatic rings. The first kappa shape index (κ1) is 13.1. The molecular weight excluding hydrogens is 312 g/mol. The minimum absolute atomic E-state index is 0.783. The van der Waals surface area contributed by atoms with E-state index in [0.29, 0.717) is 0 Å². The Balaban J connectivity index is 1.92. The van der Waals surface area contributed by atoms with Gasteiger partial charge in [-0.25, -0.2) is 0 Å². The van der Waals surface area contributed by atoms with Gasteiger partial charge in [-0.3, -0.25) is 4.98 Å². The zero-order chi connectivity index (χ0) is 13.9. The van der Waals surface area contributed by atoms with E-state index in [1.165, 1.54) is 21.9 Å². The summed E-state index contributed by atoms with van der Waals surface area (Å²) in [7, 11) is 0. The van der Waals surface area contributed by atoms with Gasteiger partial charge in [0.25, 0.3) is 0 Å². The molecule has 1 N–H and O–H groups in total. The topological polar surface area (TPSA) is 24.9 Å². The highest BCUT2D eigenvalue weighted by molar-refractivity contribution is 9.10. The number of aromatic nitrogens is 1. The Bertz CT molecular complexity index is 753. The van der Waals surface area contributed by atoms with Gasteiger partial charge < -0.3 is 5.32 Å². The summed E-state index contributed by atoms with van der Waals surface area (Å²) in [6.45, 7) is 2.89. The number of nitrogens with one attached hydrogen (secondary N) is 1. The summed E-state index contributed by atoms with van der Waals surface area (Å²) in [5.74, 6) is 0. The van der Waals surface area contributed by atoms with Gasteiger partial charge >= 0.3 is 0 Å². The summed E-state index contributed by atoms with van der Waals surface area (Å²) in [5, 5.41) is 5.96. The van der Waals surface area contributed by atoms with E-state index in [0.717, 1.165) is 16.7 Å². The highest BCUT2D eigenvalue weighted by atomic mass is 79.9. The van der Waals surface area contributed by atoms with Crippen LogP contribution in [0.3, 0.4) is 0 Å². The summed E-state index contributed by atoms with van der Waals surface area (Å²) in [4.78, 5) is 4.19. The van der Waals surface area contributed by atoms with Crippen LogP contribution in [0.4, 0.5) is 5.69 Å². The predicted octanol–water partition coefficient (Wildman–Crippen LogP) is 4.92. The molecule has 100 valence electrons. The maximum absolute atomic E-state index is 4.19. The van der Waals surface area contributed by atoms with Crippen LogP contribution in [-0.2, 0) is 6.54 Å². The third kappa shape index (κ3) is 2.54. The number of anilines is 1. The Morgan fingerprint density at radius 2 is 1.85 bits per heavy atom. The molecule has 0 spiro atoms. The van der Waals surface area contributed by atoms with Crippen molar-refractivity contribution in [2.24, 2.45) is 0 Å². The molecule has 1 heterocycles. The number of rotatable bonds is 3. The van der Waals surface area contributed by atoms with Crippen molar-refractivity contribution in [3.63, 3.8) is 0 Å². The second kappa shape index (κ2) is 5.63. The maximum atomic E-state index is 4.19. The third-order valence-electron chi connectivity index (χ3n) is 3.49. The van der Waals surface area contributed by atoms with E-state index >= 15 is 0 Å². The van der Waals surface area contributed by atoms with Crippen molar-refractivity contribution < 1.29 is 0 Å². The molecule has 0 atom stereocenters. The van der Waals surface area contributed by atoms with Crippen LogP contribution in [0.1, 0.15) is 11.1 Å². The number of aryl methyl sites for hydroxylation is 1. The molecule has 0 saturated carbocycles. The van der Waals surface area contributed by atoms with Gasteiger partial charge in [0.1, 0.15) is 0 Å². The lowest BCUT2D eigenvalue weighted by molar-refractivity contribution is 1.08. The van der Waals surface area contributed by atoms with Crippen molar-refractivity contribution in [3.8, 4) is 0 Å². The van der Waals surface area contributed by atoms with Crippen LogP contribution in [0.15, 0.2) is 59.3 Å². The molecule has 3 heteroatoms. The van der Waals surface area contributed by atoms with E-state index in [1.807, 2.05) is 18.5 Å². The molecule has 0 fully saturated rings. The van der Waals surface area contributed by atoms with Gasteiger partial charge in [0.05, 0.1) is 0 Å². The first-order chi connectivity index (χ1) is 9.75. The monoisotopic (exact) mass is 326 g/mol. The van der Waals surface area contributed by atoms with Crippen molar-refractivity contribution in [3.05, 3.63) is 70.5 Å². The van der Waals surface area contributed by atoms with E-state index in [9.17, 15) is 0 Å². The number of nitrogens with zero attached hydrogens (tertiary/aromatic N) is 1. The van der Waals surface area contributed by atoms with Crippen molar-refractivity contribution in [2.75, 3.05) is 5.32 Å². The molecule has 0 aliphatic heterocycles. The van der Waals surface area contributed by atoms with E-state index < -0.39 is 0 Å². The third-order valence-corrected chi connectivity index (χ3v) is 4.18. The van der Waals surface area contributed by atoms with E-state index in [4.69, 9.17) is 0 Å². The van der Waals surface area contributed by atoms with Crippen molar-refractivity contribution in [2.45, 2.75) is 13.5 Å². The van der Waals surface area contributed by atoms with Crippen molar-refractivity contribution >= 4 is 32.4 Å². The molecule has 0 saturated heterocycles. The molecule has 20 heavy (non-hydrogen) atoms. The molecular formula is C17H15BrN2. The minimum atomic E-state index is 0.783. The quantitative estimate of drug-likeness (QED) is 0.739. The zero-order valence-corrected chi connectivity index (χ0v) is 12.8. The first-order valence-corrected chi connectivity index (χ1v) is 7.35. The number of benzene rings is 2. The maximum Gasteiger partial charge on any atom is 0.0423 e. The lowest BCUT2D eigenvalue weighted by Crippen LogP contribution is -2.02. The van der Waals surface area contributed by atoms with E-state index in [1.54, 1.807) is 0 Å². The van der Waals surface area contributed by atoms with Crippen molar-refractivity contribution in [1.82, 2.24) is 4.98 Å². The smallest absolute Gasteiger partial charge is 0.0423 e. The lowest BCUT2D eigenvalue weighted by atomic mass is 10.1. The number of pyridine rings is 1. The molecule has 0 unspecified atom stereocenters. The van der Waals surface area contributed by atoms with Crippen LogP contribution in [-0.4, -0.2) is 4.98 Å². The van der Waals surface area contributed by atoms with Crippen LogP contribution < -0.4 is 5.32 Å². The zero-order valence-electron chi connectivity index (χ0n) is 11.2. The largest absolute Gasteiger partial charge is 0.380 e. The Morgan fingerprint density at radius 3 is 2.65 bits per heavy atom. The number of hydrogen-bond acceptors (Lipinski definition) is 2. The first-order valence-electron chi connectivity index (χ1n) is 6.56. The summed E-state index contributed by atoms with van der Waals surface area (Å²) in [6.07, 6.45) is 3.75. The molecule has 2 aromatic carbocycles. The molecule has 3 rings (SSSR count). The summed E-state index contributed by atoms with van der Waals surface area (Å²) >= 11 is 3.60. The molecule has 0 amide bonds. The SMILES string of the molecule is Cc1ccncc1CNc1ccc(Br)c2ccccc12. The van der Waals surface area contributed by atoms with Gasteiger partial charge in [-0.1, -0.05) is 40.2 Å². The Morgan fingerprint density at radius 1 is 1.05 bits per heavy atom. The Kier molecular flexibility index (Phi) is 3.70. The second-order valence-electron chi connectivity index (χ2n) is 4.80.